The molecule has 3 rings (SSSR count). The maximum Gasteiger partial charge on any atom is 0.330 e. The Hall–Kier alpha value is -1.39. The minimum Gasteiger partial charge on any atom is -0.479 e. The molecule has 5 nitrogen and oxygen atoms in total. The molecule has 1 heterocycles. The van der Waals surface area contributed by atoms with E-state index in [-0.39, 0.29) is 23.7 Å². The Labute approximate surface area is 105 Å². The van der Waals surface area contributed by atoms with Crippen LogP contribution in [0.2, 0.25) is 0 Å². The molecule has 2 atom stereocenters. The summed E-state index contributed by atoms with van der Waals surface area (Å²) in [7, 11) is 0. The van der Waals surface area contributed by atoms with E-state index in [4.69, 9.17) is 0 Å². The second kappa shape index (κ2) is 3.80. The highest BCUT2D eigenvalue weighted by Gasteiger charge is 2.60. The van der Waals surface area contributed by atoms with Gasteiger partial charge in [-0.3, -0.25) is 14.5 Å². The number of carboxylic acids is 1. The van der Waals surface area contributed by atoms with Gasteiger partial charge in [-0.15, -0.1) is 0 Å². The molecule has 18 heavy (non-hydrogen) atoms. The molecular weight excluding hydrogens is 234 g/mol. The van der Waals surface area contributed by atoms with E-state index in [0.29, 0.717) is 12.8 Å². The highest BCUT2D eigenvalue weighted by molar-refractivity contribution is 6.09. The van der Waals surface area contributed by atoms with Gasteiger partial charge in [-0.05, 0) is 25.7 Å². The molecule has 3 fully saturated rings. The molecule has 1 saturated heterocycles. The number of nitrogens with zero attached hydrogens (tertiary/aromatic N) is 1. The second-order valence-corrected chi connectivity index (χ2v) is 5.70. The molecule has 2 amide bonds. The van der Waals surface area contributed by atoms with Gasteiger partial charge in [0.2, 0.25) is 11.8 Å². The Bertz CT molecular complexity index is 403. The first-order valence-corrected chi connectivity index (χ1v) is 6.69. The van der Waals surface area contributed by atoms with Crippen LogP contribution in [0, 0.1) is 11.8 Å². The minimum atomic E-state index is -1.24. The molecule has 98 valence electrons. The number of carbonyl (C=O) groups is 3. The summed E-state index contributed by atoms with van der Waals surface area (Å²) in [5.74, 6) is -1.95. The third kappa shape index (κ3) is 1.30. The molecule has 0 aromatic carbocycles. The van der Waals surface area contributed by atoms with Gasteiger partial charge in [0.05, 0.1) is 11.8 Å². The lowest BCUT2D eigenvalue weighted by Crippen LogP contribution is -2.56. The Morgan fingerprint density at radius 1 is 1.06 bits per heavy atom. The number of likely N-dealkylation sites (tertiary alicyclic amines) is 1. The topological polar surface area (TPSA) is 74.7 Å². The van der Waals surface area contributed by atoms with Crippen molar-refractivity contribution in [3.63, 3.8) is 0 Å². The van der Waals surface area contributed by atoms with E-state index in [2.05, 4.69) is 0 Å². The zero-order chi connectivity index (χ0) is 12.9. The lowest BCUT2D eigenvalue weighted by molar-refractivity contribution is -0.163. The van der Waals surface area contributed by atoms with Crippen LogP contribution in [0.5, 0.6) is 0 Å². The third-order valence-electron chi connectivity index (χ3n) is 4.85. The SMILES string of the molecule is O=C1C2CCCC2C(=O)N1C1(C(=O)O)CCCC1. The molecular formula is C13H17NO4. The average Bonchev–Trinajstić information content (AvgIpc) is 3.00. The quantitative estimate of drug-likeness (QED) is 0.747. The Morgan fingerprint density at radius 3 is 2.00 bits per heavy atom. The number of carbonyl (C=O) groups excluding carboxylic acids is 2. The van der Waals surface area contributed by atoms with Gasteiger partial charge in [0.15, 0.2) is 0 Å². The van der Waals surface area contributed by atoms with Crippen molar-refractivity contribution < 1.29 is 19.5 Å². The molecule has 2 aliphatic carbocycles. The summed E-state index contributed by atoms with van der Waals surface area (Å²) in [4.78, 5) is 37.4. The van der Waals surface area contributed by atoms with Crippen molar-refractivity contribution in [2.75, 3.05) is 0 Å². The number of rotatable bonds is 2. The number of amides is 2. The first-order valence-electron chi connectivity index (χ1n) is 6.69. The third-order valence-corrected chi connectivity index (χ3v) is 4.85. The van der Waals surface area contributed by atoms with Gasteiger partial charge < -0.3 is 5.11 Å². The molecule has 0 bridgehead atoms. The van der Waals surface area contributed by atoms with Crippen molar-refractivity contribution in [1.82, 2.24) is 4.90 Å². The van der Waals surface area contributed by atoms with Gasteiger partial charge in [-0.1, -0.05) is 19.3 Å². The lowest BCUT2D eigenvalue weighted by Gasteiger charge is -2.33. The van der Waals surface area contributed by atoms with E-state index < -0.39 is 11.5 Å². The number of hydrogen-bond acceptors (Lipinski definition) is 3. The fourth-order valence-corrected chi connectivity index (χ4v) is 3.91. The van der Waals surface area contributed by atoms with Gasteiger partial charge >= 0.3 is 5.97 Å². The largest absolute Gasteiger partial charge is 0.479 e. The van der Waals surface area contributed by atoms with Crippen LogP contribution in [-0.2, 0) is 14.4 Å². The van der Waals surface area contributed by atoms with Gasteiger partial charge in [0.25, 0.3) is 0 Å². The van der Waals surface area contributed by atoms with Crippen LogP contribution in [0.25, 0.3) is 0 Å². The van der Waals surface area contributed by atoms with E-state index in [0.717, 1.165) is 37.0 Å². The molecule has 2 saturated carbocycles. The van der Waals surface area contributed by atoms with Crippen LogP contribution in [0.4, 0.5) is 0 Å². The average molecular weight is 251 g/mol. The van der Waals surface area contributed by atoms with Crippen LogP contribution in [-0.4, -0.2) is 33.3 Å². The van der Waals surface area contributed by atoms with Crippen molar-refractivity contribution in [3.05, 3.63) is 0 Å². The first-order chi connectivity index (χ1) is 8.58. The number of fused-ring (bicyclic) bond motifs is 1. The Balaban J connectivity index is 1.99. The van der Waals surface area contributed by atoms with E-state index >= 15 is 0 Å². The summed E-state index contributed by atoms with van der Waals surface area (Å²) in [6.45, 7) is 0. The van der Waals surface area contributed by atoms with Gasteiger partial charge in [-0.2, -0.15) is 0 Å². The molecule has 1 aliphatic heterocycles. The van der Waals surface area contributed by atoms with Crippen molar-refractivity contribution in [3.8, 4) is 0 Å². The summed E-state index contributed by atoms with van der Waals surface area (Å²) in [6, 6.07) is 0. The van der Waals surface area contributed by atoms with Gasteiger partial charge in [0.1, 0.15) is 5.54 Å². The van der Waals surface area contributed by atoms with Crippen molar-refractivity contribution in [1.29, 1.82) is 0 Å². The minimum absolute atomic E-state index is 0.230. The van der Waals surface area contributed by atoms with Gasteiger partial charge in [-0.25, -0.2) is 4.79 Å². The summed E-state index contributed by atoms with van der Waals surface area (Å²) < 4.78 is 0. The smallest absolute Gasteiger partial charge is 0.330 e. The molecule has 1 N–H and O–H groups in total. The molecule has 0 radical (unpaired) electrons. The Morgan fingerprint density at radius 2 is 1.56 bits per heavy atom. The summed E-state index contributed by atoms with van der Waals surface area (Å²) >= 11 is 0. The molecule has 0 aromatic rings. The maximum atomic E-state index is 12.3. The van der Waals surface area contributed by atoms with E-state index in [9.17, 15) is 19.5 Å². The number of imide groups is 1. The van der Waals surface area contributed by atoms with Crippen molar-refractivity contribution in [2.24, 2.45) is 11.8 Å². The molecule has 5 heteroatoms. The lowest BCUT2D eigenvalue weighted by atomic mass is 9.95. The fraction of sp³-hybridized carbons (Fsp3) is 0.769. The monoisotopic (exact) mass is 251 g/mol. The number of aliphatic carboxylic acids is 1. The van der Waals surface area contributed by atoms with E-state index in [1.807, 2.05) is 0 Å². The van der Waals surface area contributed by atoms with Crippen LogP contribution in [0.3, 0.4) is 0 Å². The van der Waals surface area contributed by atoms with E-state index in [1.54, 1.807) is 0 Å². The van der Waals surface area contributed by atoms with E-state index in [1.165, 1.54) is 0 Å². The summed E-state index contributed by atoms with van der Waals surface area (Å²) in [6.07, 6.45) is 4.76. The fourth-order valence-electron chi connectivity index (χ4n) is 3.91. The van der Waals surface area contributed by atoms with Crippen LogP contribution in [0.1, 0.15) is 44.9 Å². The van der Waals surface area contributed by atoms with Gasteiger partial charge in [0, 0.05) is 0 Å². The predicted molar refractivity (Wildman–Crippen MR) is 61.5 cm³/mol. The summed E-state index contributed by atoms with van der Waals surface area (Å²) in [5.41, 5.74) is -1.24. The zero-order valence-corrected chi connectivity index (χ0v) is 10.2. The molecule has 2 unspecified atom stereocenters. The Kier molecular flexibility index (Phi) is 2.47. The van der Waals surface area contributed by atoms with Crippen molar-refractivity contribution >= 4 is 17.8 Å². The van der Waals surface area contributed by atoms with Crippen molar-refractivity contribution in [2.45, 2.75) is 50.5 Å². The highest BCUT2D eigenvalue weighted by Crippen LogP contribution is 2.46. The molecule has 0 spiro atoms. The second-order valence-electron chi connectivity index (χ2n) is 5.70. The standard InChI is InChI=1S/C13H17NO4/c15-10-8-4-3-5-9(8)11(16)14(10)13(12(17)18)6-1-2-7-13/h8-9H,1-7H2,(H,17,18). The normalized spacial score (nSPS) is 34.1. The van der Waals surface area contributed by atoms with Crippen LogP contribution >= 0.6 is 0 Å². The summed E-state index contributed by atoms with van der Waals surface area (Å²) in [5, 5.41) is 9.48. The van der Waals surface area contributed by atoms with Crippen LogP contribution < -0.4 is 0 Å². The maximum absolute atomic E-state index is 12.3. The predicted octanol–water partition coefficient (Wildman–Crippen LogP) is 1.17. The van der Waals surface area contributed by atoms with Crippen LogP contribution in [0.15, 0.2) is 0 Å². The highest BCUT2D eigenvalue weighted by atomic mass is 16.4. The zero-order valence-electron chi connectivity index (χ0n) is 10.2. The first kappa shape index (κ1) is 11.7. The number of hydrogen-bond donors (Lipinski definition) is 1. The molecule has 3 aliphatic rings. The number of carboxylic acid groups (broad SMARTS) is 1. The molecule has 0 aromatic heterocycles.